The van der Waals surface area contributed by atoms with E-state index in [1.54, 1.807) is 12.1 Å². The van der Waals surface area contributed by atoms with Gasteiger partial charge in [-0.2, -0.15) is 0 Å². The van der Waals surface area contributed by atoms with Crippen LogP contribution in [0.25, 0.3) is 11.0 Å². The molecule has 108 valence electrons. The van der Waals surface area contributed by atoms with E-state index < -0.39 is 0 Å². The predicted octanol–water partition coefficient (Wildman–Crippen LogP) is 3.16. The minimum atomic E-state index is 0.258. The van der Waals surface area contributed by atoms with Crippen molar-refractivity contribution in [2.75, 3.05) is 6.54 Å². The third-order valence-electron chi connectivity index (χ3n) is 3.63. The number of H-pyrrole nitrogens is 1. The van der Waals surface area contributed by atoms with E-state index in [1.807, 2.05) is 12.1 Å². The second kappa shape index (κ2) is 5.97. The Morgan fingerprint density at radius 2 is 2.00 bits per heavy atom. The van der Waals surface area contributed by atoms with Crippen molar-refractivity contribution >= 4 is 11.0 Å². The first-order valence-corrected chi connectivity index (χ1v) is 7.18. The molecule has 4 nitrogen and oxygen atoms in total. The molecule has 0 bridgehead atoms. The van der Waals surface area contributed by atoms with Crippen LogP contribution in [0.15, 0.2) is 48.5 Å². The number of nitrogens with one attached hydrogen (secondary N) is 2. The topological polar surface area (TPSA) is 60.9 Å². The first kappa shape index (κ1) is 13.6. The van der Waals surface area contributed by atoms with E-state index in [2.05, 4.69) is 46.5 Å². The van der Waals surface area contributed by atoms with Crippen molar-refractivity contribution in [3.05, 3.63) is 59.9 Å². The molecule has 0 aliphatic heterocycles. The molecule has 3 N–H and O–H groups in total. The lowest BCUT2D eigenvalue weighted by molar-refractivity contribution is 0.476. The molecule has 0 amide bonds. The molecule has 2 aromatic carbocycles. The van der Waals surface area contributed by atoms with Crippen LogP contribution < -0.4 is 5.32 Å². The van der Waals surface area contributed by atoms with Crippen LogP contribution in [0.1, 0.15) is 24.4 Å². The monoisotopic (exact) mass is 281 g/mol. The van der Waals surface area contributed by atoms with E-state index >= 15 is 0 Å². The van der Waals surface area contributed by atoms with Gasteiger partial charge >= 0.3 is 0 Å². The Morgan fingerprint density at radius 3 is 2.81 bits per heavy atom. The highest BCUT2D eigenvalue weighted by molar-refractivity contribution is 5.76. The summed E-state index contributed by atoms with van der Waals surface area (Å²) in [5.74, 6) is 1.19. The van der Waals surface area contributed by atoms with Crippen LogP contribution >= 0.6 is 0 Å². The van der Waals surface area contributed by atoms with Gasteiger partial charge < -0.3 is 15.4 Å². The summed E-state index contributed by atoms with van der Waals surface area (Å²) in [6.07, 6.45) is 0.826. The summed E-state index contributed by atoms with van der Waals surface area (Å²) in [5, 5.41) is 12.9. The van der Waals surface area contributed by atoms with Gasteiger partial charge in [0.1, 0.15) is 11.6 Å². The van der Waals surface area contributed by atoms with Crippen molar-refractivity contribution < 1.29 is 5.11 Å². The van der Waals surface area contributed by atoms with E-state index in [0.717, 1.165) is 29.8 Å². The molecule has 0 fully saturated rings. The second-order valence-electron chi connectivity index (χ2n) is 5.22. The summed E-state index contributed by atoms with van der Waals surface area (Å²) < 4.78 is 0. The highest BCUT2D eigenvalue weighted by atomic mass is 16.3. The van der Waals surface area contributed by atoms with Crippen molar-refractivity contribution in [2.45, 2.75) is 19.4 Å². The van der Waals surface area contributed by atoms with Crippen LogP contribution in [0.3, 0.4) is 0 Å². The lowest BCUT2D eigenvalue weighted by atomic mass is 10.1. The zero-order chi connectivity index (χ0) is 14.7. The lowest BCUT2D eigenvalue weighted by Crippen LogP contribution is -2.21. The van der Waals surface area contributed by atoms with Crippen molar-refractivity contribution in [3.8, 4) is 5.75 Å². The van der Waals surface area contributed by atoms with Crippen molar-refractivity contribution in [1.82, 2.24) is 15.3 Å². The van der Waals surface area contributed by atoms with E-state index in [1.165, 1.54) is 5.56 Å². The van der Waals surface area contributed by atoms with Crippen molar-refractivity contribution in [2.24, 2.45) is 0 Å². The molecule has 0 aliphatic rings. The molecule has 3 aromatic rings. The van der Waals surface area contributed by atoms with E-state index in [-0.39, 0.29) is 5.75 Å². The fourth-order valence-corrected chi connectivity index (χ4v) is 2.44. The van der Waals surface area contributed by atoms with Gasteiger partial charge in [0.15, 0.2) is 0 Å². The molecular formula is C17H19N3O. The van der Waals surface area contributed by atoms with E-state index in [0.29, 0.717) is 6.04 Å². The number of hydrogen-bond acceptors (Lipinski definition) is 3. The minimum Gasteiger partial charge on any atom is -0.508 e. The zero-order valence-electron chi connectivity index (χ0n) is 12.0. The van der Waals surface area contributed by atoms with Crippen LogP contribution in [-0.2, 0) is 6.42 Å². The summed E-state index contributed by atoms with van der Waals surface area (Å²) in [5.41, 5.74) is 3.05. The summed E-state index contributed by atoms with van der Waals surface area (Å²) in [4.78, 5) is 7.76. The molecule has 0 saturated carbocycles. The van der Waals surface area contributed by atoms with Gasteiger partial charge in [0, 0.05) is 25.1 Å². The molecule has 1 atom stereocenters. The van der Waals surface area contributed by atoms with Gasteiger partial charge in [-0.1, -0.05) is 30.3 Å². The van der Waals surface area contributed by atoms with Crippen LogP contribution in [-0.4, -0.2) is 21.6 Å². The number of aromatic hydroxyl groups is 1. The van der Waals surface area contributed by atoms with Crippen LogP contribution in [0.4, 0.5) is 0 Å². The third-order valence-corrected chi connectivity index (χ3v) is 3.63. The summed E-state index contributed by atoms with van der Waals surface area (Å²) in [6.45, 7) is 3.01. The fraction of sp³-hybridized carbons (Fsp3) is 0.235. The zero-order valence-corrected chi connectivity index (χ0v) is 12.0. The Bertz CT molecular complexity index is 721. The van der Waals surface area contributed by atoms with Gasteiger partial charge in [-0.15, -0.1) is 0 Å². The van der Waals surface area contributed by atoms with Gasteiger partial charge in [-0.3, -0.25) is 0 Å². The van der Waals surface area contributed by atoms with Crippen LogP contribution in [0, 0.1) is 0 Å². The average Bonchev–Trinajstić information content (AvgIpc) is 2.89. The Kier molecular flexibility index (Phi) is 3.88. The highest BCUT2D eigenvalue weighted by Gasteiger charge is 2.06. The number of fused-ring (bicyclic) bond motifs is 1. The highest BCUT2D eigenvalue weighted by Crippen LogP contribution is 2.18. The Hall–Kier alpha value is -2.33. The Balaban J connectivity index is 1.59. The molecular weight excluding hydrogens is 262 g/mol. The molecule has 0 aliphatic carbocycles. The molecule has 0 radical (unpaired) electrons. The molecule has 4 heteroatoms. The fourth-order valence-electron chi connectivity index (χ4n) is 2.44. The molecule has 0 spiro atoms. The molecule has 1 aromatic heterocycles. The van der Waals surface area contributed by atoms with Crippen molar-refractivity contribution in [1.29, 1.82) is 0 Å². The first-order valence-electron chi connectivity index (χ1n) is 7.18. The quantitative estimate of drug-likeness (QED) is 0.673. The van der Waals surface area contributed by atoms with Gasteiger partial charge in [-0.25, -0.2) is 4.98 Å². The molecule has 3 rings (SSSR count). The van der Waals surface area contributed by atoms with Gasteiger partial charge in [0.2, 0.25) is 0 Å². The summed E-state index contributed by atoms with van der Waals surface area (Å²) in [7, 11) is 0. The SMILES string of the molecule is CC(NCCc1nc2ccc(O)cc2[nH]1)c1ccccc1. The van der Waals surface area contributed by atoms with Gasteiger partial charge in [-0.05, 0) is 24.6 Å². The predicted molar refractivity (Wildman–Crippen MR) is 84.3 cm³/mol. The minimum absolute atomic E-state index is 0.258. The maximum absolute atomic E-state index is 9.45. The first-order chi connectivity index (χ1) is 10.2. The molecule has 21 heavy (non-hydrogen) atoms. The number of aromatic amines is 1. The average molecular weight is 281 g/mol. The van der Waals surface area contributed by atoms with E-state index in [4.69, 9.17) is 0 Å². The Morgan fingerprint density at radius 1 is 1.19 bits per heavy atom. The number of rotatable bonds is 5. The van der Waals surface area contributed by atoms with Crippen molar-refractivity contribution in [3.63, 3.8) is 0 Å². The molecule has 1 heterocycles. The lowest BCUT2D eigenvalue weighted by Gasteiger charge is -2.13. The number of aromatic nitrogens is 2. The van der Waals surface area contributed by atoms with Gasteiger partial charge in [0.05, 0.1) is 11.0 Å². The van der Waals surface area contributed by atoms with E-state index in [9.17, 15) is 5.11 Å². The maximum atomic E-state index is 9.45. The maximum Gasteiger partial charge on any atom is 0.117 e. The smallest absolute Gasteiger partial charge is 0.117 e. The number of phenols is 1. The summed E-state index contributed by atoms with van der Waals surface area (Å²) >= 11 is 0. The van der Waals surface area contributed by atoms with Crippen LogP contribution in [0.5, 0.6) is 5.75 Å². The van der Waals surface area contributed by atoms with Gasteiger partial charge in [0.25, 0.3) is 0 Å². The molecule has 0 saturated heterocycles. The number of imidazole rings is 1. The standard InChI is InChI=1S/C17H19N3O/c1-12(13-5-3-2-4-6-13)18-10-9-17-19-15-8-7-14(21)11-16(15)20-17/h2-8,11-12,18,21H,9-10H2,1H3,(H,19,20). The largest absolute Gasteiger partial charge is 0.508 e. The second-order valence-corrected chi connectivity index (χ2v) is 5.22. The van der Waals surface area contributed by atoms with Crippen LogP contribution in [0.2, 0.25) is 0 Å². The number of nitrogens with zero attached hydrogens (tertiary/aromatic N) is 1. The normalized spacial score (nSPS) is 12.6. The Labute approximate surface area is 123 Å². The number of benzene rings is 2. The summed E-state index contributed by atoms with van der Waals surface area (Å²) in [6, 6.07) is 15.9. The number of hydrogen-bond donors (Lipinski definition) is 3. The third kappa shape index (κ3) is 3.23. The molecule has 1 unspecified atom stereocenters. The number of phenolic OH excluding ortho intramolecular Hbond substituents is 1.